The van der Waals surface area contributed by atoms with Crippen LogP contribution in [0, 0.1) is 0 Å². The smallest absolute Gasteiger partial charge is 0.224 e. The normalized spacial score (nSPS) is 10.8. The van der Waals surface area contributed by atoms with Gasteiger partial charge >= 0.3 is 0 Å². The number of carbonyl (C=O) groups is 1. The predicted octanol–water partition coefficient (Wildman–Crippen LogP) is 9.15. The monoisotopic (exact) mass is 577 g/mol. The molecule has 0 aliphatic heterocycles. The minimum atomic E-state index is -0.185. The zero-order valence-corrected chi connectivity index (χ0v) is 21.6. The SMILES string of the molecule is O=C(CCCOc1ccc(Cl)cc1Cl)Nc1cc(Cl)ccc1Oc1ccc2ccccc2c1Br. The number of carbonyl (C=O) groups excluding carboxylic acids is 1. The summed E-state index contributed by atoms with van der Waals surface area (Å²) in [5, 5.41) is 6.45. The van der Waals surface area contributed by atoms with Gasteiger partial charge in [-0.15, -0.1) is 0 Å². The third kappa shape index (κ3) is 6.16. The zero-order chi connectivity index (χ0) is 24.1. The number of fused-ring (bicyclic) bond motifs is 1. The maximum absolute atomic E-state index is 12.6. The standard InChI is InChI=1S/C26H19BrCl3NO3/c27-26-19-5-2-1-4-16(19)7-10-24(26)34-23-12-9-18(29)15-21(23)31-25(32)6-3-13-33-22-11-8-17(28)14-20(22)30/h1-2,4-5,7-12,14-15H,3,6,13H2,(H,31,32). The molecule has 0 radical (unpaired) electrons. The Labute approximate surface area is 220 Å². The van der Waals surface area contributed by atoms with Crippen molar-refractivity contribution in [2.75, 3.05) is 11.9 Å². The minimum absolute atomic E-state index is 0.185. The van der Waals surface area contributed by atoms with Crippen LogP contribution in [-0.2, 0) is 4.79 Å². The topological polar surface area (TPSA) is 47.6 Å². The van der Waals surface area contributed by atoms with Gasteiger partial charge in [-0.05, 0) is 75.6 Å². The van der Waals surface area contributed by atoms with Crippen LogP contribution in [0.5, 0.6) is 17.2 Å². The fourth-order valence-corrected chi connectivity index (χ4v) is 4.53. The molecule has 8 heteroatoms. The molecule has 0 aliphatic rings. The summed E-state index contributed by atoms with van der Waals surface area (Å²) >= 11 is 21.8. The number of hydrogen-bond acceptors (Lipinski definition) is 3. The summed E-state index contributed by atoms with van der Waals surface area (Å²) in [6, 6.07) is 22.0. The molecule has 1 amide bonds. The number of hydrogen-bond donors (Lipinski definition) is 1. The van der Waals surface area contributed by atoms with Crippen LogP contribution in [0.2, 0.25) is 15.1 Å². The van der Waals surface area contributed by atoms with Gasteiger partial charge in [0.1, 0.15) is 11.5 Å². The maximum atomic E-state index is 12.6. The lowest BCUT2D eigenvalue weighted by atomic mass is 10.1. The first-order chi connectivity index (χ1) is 16.4. The molecular formula is C26H19BrCl3NO3. The van der Waals surface area contributed by atoms with Crippen LogP contribution >= 0.6 is 50.7 Å². The molecule has 0 heterocycles. The van der Waals surface area contributed by atoms with Crippen molar-refractivity contribution in [3.63, 3.8) is 0 Å². The molecule has 4 aromatic carbocycles. The van der Waals surface area contributed by atoms with Crippen LogP contribution in [0.25, 0.3) is 10.8 Å². The Hall–Kier alpha value is -2.44. The second-order valence-electron chi connectivity index (χ2n) is 7.42. The fourth-order valence-electron chi connectivity index (χ4n) is 3.32. The average Bonchev–Trinajstić information content (AvgIpc) is 2.81. The molecule has 0 bridgehead atoms. The van der Waals surface area contributed by atoms with E-state index in [1.165, 1.54) is 0 Å². The third-order valence-corrected chi connectivity index (χ3v) is 6.55. The van der Waals surface area contributed by atoms with Gasteiger partial charge in [0.05, 0.1) is 21.8 Å². The Morgan fingerprint density at radius 3 is 2.35 bits per heavy atom. The van der Waals surface area contributed by atoms with E-state index in [1.807, 2.05) is 36.4 Å². The van der Waals surface area contributed by atoms with Crippen molar-refractivity contribution >= 4 is 73.1 Å². The molecule has 0 saturated heterocycles. The lowest BCUT2D eigenvalue weighted by Gasteiger charge is -2.15. The summed E-state index contributed by atoms with van der Waals surface area (Å²) in [6.07, 6.45) is 0.745. The van der Waals surface area contributed by atoms with Crippen LogP contribution in [0.15, 0.2) is 77.3 Å². The van der Waals surface area contributed by atoms with Crippen LogP contribution in [0.3, 0.4) is 0 Å². The summed E-state index contributed by atoms with van der Waals surface area (Å²) in [5.41, 5.74) is 0.485. The third-order valence-electron chi connectivity index (χ3n) is 4.96. The van der Waals surface area contributed by atoms with E-state index in [-0.39, 0.29) is 12.3 Å². The van der Waals surface area contributed by atoms with Crippen molar-refractivity contribution in [3.05, 3.63) is 92.3 Å². The van der Waals surface area contributed by atoms with E-state index in [1.54, 1.807) is 36.4 Å². The van der Waals surface area contributed by atoms with Crippen molar-refractivity contribution in [3.8, 4) is 17.2 Å². The lowest BCUT2D eigenvalue weighted by Crippen LogP contribution is -2.13. The molecule has 4 rings (SSSR count). The number of ether oxygens (including phenoxy) is 2. The highest BCUT2D eigenvalue weighted by molar-refractivity contribution is 9.10. The maximum Gasteiger partial charge on any atom is 0.224 e. The number of nitrogens with one attached hydrogen (secondary N) is 1. The number of amides is 1. The predicted molar refractivity (Wildman–Crippen MR) is 143 cm³/mol. The summed E-state index contributed by atoms with van der Waals surface area (Å²) in [5.74, 6) is 1.45. The van der Waals surface area contributed by atoms with E-state index < -0.39 is 0 Å². The van der Waals surface area contributed by atoms with Crippen LogP contribution in [0.1, 0.15) is 12.8 Å². The molecule has 0 saturated carbocycles. The molecule has 0 aliphatic carbocycles. The molecule has 0 spiro atoms. The Kier molecular flexibility index (Phi) is 8.22. The molecule has 1 N–H and O–H groups in total. The van der Waals surface area contributed by atoms with Gasteiger partial charge in [0.15, 0.2) is 5.75 Å². The first-order valence-corrected chi connectivity index (χ1v) is 12.4. The Morgan fingerprint density at radius 2 is 1.56 bits per heavy atom. The second-order valence-corrected chi connectivity index (χ2v) is 9.49. The Bertz CT molecular complexity index is 1350. The molecular weight excluding hydrogens is 561 g/mol. The highest BCUT2D eigenvalue weighted by Gasteiger charge is 2.13. The summed E-state index contributed by atoms with van der Waals surface area (Å²) in [6.45, 7) is 0.331. The fraction of sp³-hybridized carbons (Fsp3) is 0.115. The Morgan fingerprint density at radius 1 is 0.853 bits per heavy atom. The van der Waals surface area contributed by atoms with Gasteiger partial charge in [0, 0.05) is 16.5 Å². The lowest BCUT2D eigenvalue weighted by molar-refractivity contribution is -0.116. The first kappa shape index (κ1) is 24.7. The van der Waals surface area contributed by atoms with E-state index in [9.17, 15) is 4.79 Å². The van der Waals surface area contributed by atoms with E-state index in [4.69, 9.17) is 44.3 Å². The largest absolute Gasteiger partial charge is 0.492 e. The highest BCUT2D eigenvalue weighted by Crippen LogP contribution is 2.39. The van der Waals surface area contributed by atoms with Gasteiger partial charge < -0.3 is 14.8 Å². The molecule has 0 fully saturated rings. The van der Waals surface area contributed by atoms with E-state index in [0.717, 1.165) is 15.2 Å². The van der Waals surface area contributed by atoms with Crippen molar-refractivity contribution in [1.82, 2.24) is 0 Å². The molecule has 174 valence electrons. The van der Waals surface area contributed by atoms with Crippen molar-refractivity contribution < 1.29 is 14.3 Å². The summed E-state index contributed by atoms with van der Waals surface area (Å²) < 4.78 is 12.6. The number of halogens is 4. The molecule has 0 atom stereocenters. The molecule has 0 unspecified atom stereocenters. The average molecular weight is 580 g/mol. The minimum Gasteiger partial charge on any atom is -0.492 e. The van der Waals surface area contributed by atoms with Crippen LogP contribution in [0.4, 0.5) is 5.69 Å². The molecule has 4 nitrogen and oxygen atoms in total. The zero-order valence-electron chi connectivity index (χ0n) is 17.8. The van der Waals surface area contributed by atoms with Crippen molar-refractivity contribution in [1.29, 1.82) is 0 Å². The van der Waals surface area contributed by atoms with E-state index in [2.05, 4.69) is 21.2 Å². The molecule has 4 aromatic rings. The van der Waals surface area contributed by atoms with Gasteiger partial charge in [-0.3, -0.25) is 4.79 Å². The van der Waals surface area contributed by atoms with Gasteiger partial charge in [-0.2, -0.15) is 0 Å². The van der Waals surface area contributed by atoms with Gasteiger partial charge in [0.2, 0.25) is 5.91 Å². The van der Waals surface area contributed by atoms with E-state index >= 15 is 0 Å². The number of anilines is 1. The number of benzene rings is 4. The first-order valence-electron chi connectivity index (χ1n) is 10.4. The molecule has 34 heavy (non-hydrogen) atoms. The van der Waals surface area contributed by atoms with E-state index in [0.29, 0.717) is 51.0 Å². The Balaban J connectivity index is 1.40. The van der Waals surface area contributed by atoms with Crippen LogP contribution in [-0.4, -0.2) is 12.5 Å². The number of rotatable bonds is 8. The van der Waals surface area contributed by atoms with Gasteiger partial charge in [0.25, 0.3) is 0 Å². The van der Waals surface area contributed by atoms with Crippen LogP contribution < -0.4 is 14.8 Å². The quantitative estimate of drug-likeness (QED) is 0.212. The summed E-state index contributed by atoms with van der Waals surface area (Å²) in [4.78, 5) is 12.6. The highest BCUT2D eigenvalue weighted by atomic mass is 79.9. The van der Waals surface area contributed by atoms with Crippen molar-refractivity contribution in [2.45, 2.75) is 12.8 Å². The van der Waals surface area contributed by atoms with Gasteiger partial charge in [-0.25, -0.2) is 0 Å². The van der Waals surface area contributed by atoms with Gasteiger partial charge in [-0.1, -0.05) is 65.1 Å². The summed E-state index contributed by atoms with van der Waals surface area (Å²) in [7, 11) is 0. The molecule has 0 aromatic heterocycles. The second kappa shape index (κ2) is 11.3. The van der Waals surface area contributed by atoms with Crippen molar-refractivity contribution in [2.24, 2.45) is 0 Å².